The van der Waals surface area contributed by atoms with Crippen LogP contribution in [0, 0.1) is 5.92 Å². The number of rotatable bonds is 11. The number of nitrogens with one attached hydrogen (secondary N) is 1. The Morgan fingerprint density at radius 3 is 2.43 bits per heavy atom. The molecule has 1 amide bonds. The molecule has 0 aromatic heterocycles. The molecule has 2 aliphatic heterocycles. The number of anilines is 1. The van der Waals surface area contributed by atoms with Gasteiger partial charge in [0.15, 0.2) is 0 Å². The monoisotopic (exact) mass is 590 g/mol. The highest BCUT2D eigenvalue weighted by Gasteiger charge is 2.35. The van der Waals surface area contributed by atoms with Crippen LogP contribution in [-0.4, -0.2) is 75.2 Å². The van der Waals surface area contributed by atoms with Gasteiger partial charge < -0.3 is 19.7 Å². The third kappa shape index (κ3) is 7.97. The van der Waals surface area contributed by atoms with Crippen molar-refractivity contribution in [3.63, 3.8) is 0 Å². The van der Waals surface area contributed by atoms with E-state index in [1.807, 2.05) is 48.5 Å². The minimum Gasteiger partial charge on any atom is -0.497 e. The molecule has 2 aliphatic rings. The number of para-hydroxylation sites is 2. The summed E-state index contributed by atoms with van der Waals surface area (Å²) in [6.45, 7) is 7.40. The van der Waals surface area contributed by atoms with Gasteiger partial charge in [-0.3, -0.25) is 14.6 Å². The lowest BCUT2D eigenvalue weighted by molar-refractivity contribution is -0.121. The first-order valence-electron chi connectivity index (χ1n) is 15.0. The van der Waals surface area contributed by atoms with E-state index < -0.39 is 0 Å². The lowest BCUT2D eigenvalue weighted by Crippen LogP contribution is -2.56. The fourth-order valence-corrected chi connectivity index (χ4v) is 6.64. The Morgan fingerprint density at radius 2 is 1.69 bits per heavy atom. The van der Waals surface area contributed by atoms with Gasteiger partial charge in [0.25, 0.3) is 0 Å². The van der Waals surface area contributed by atoms with E-state index in [9.17, 15) is 4.79 Å². The summed E-state index contributed by atoms with van der Waals surface area (Å²) in [5, 5.41) is 3.90. The minimum absolute atomic E-state index is 0.109. The van der Waals surface area contributed by atoms with E-state index in [0.717, 1.165) is 80.7 Å². The van der Waals surface area contributed by atoms with Crippen molar-refractivity contribution in [2.75, 3.05) is 58.4 Å². The lowest BCUT2D eigenvalue weighted by Gasteiger charge is -2.47. The molecule has 0 bridgehead atoms. The highest BCUT2D eigenvalue weighted by molar-refractivity contribution is 6.30. The van der Waals surface area contributed by atoms with Gasteiger partial charge in [0, 0.05) is 63.3 Å². The number of ether oxygens (including phenoxy) is 2. The van der Waals surface area contributed by atoms with Gasteiger partial charge in [-0.1, -0.05) is 48.0 Å². The number of hydrogen-bond donors (Lipinski definition) is 1. The van der Waals surface area contributed by atoms with E-state index in [1.165, 1.54) is 11.3 Å². The van der Waals surface area contributed by atoms with Gasteiger partial charge >= 0.3 is 0 Å². The van der Waals surface area contributed by atoms with Crippen LogP contribution in [0.4, 0.5) is 5.69 Å². The van der Waals surface area contributed by atoms with Crippen molar-refractivity contribution >= 4 is 23.2 Å². The number of amides is 1. The smallest absolute Gasteiger partial charge is 0.220 e. The molecule has 2 fully saturated rings. The first-order chi connectivity index (χ1) is 20.5. The lowest BCUT2D eigenvalue weighted by atomic mass is 9.86. The average Bonchev–Trinajstić information content (AvgIpc) is 3.03. The third-order valence-electron chi connectivity index (χ3n) is 8.67. The van der Waals surface area contributed by atoms with Crippen LogP contribution in [0.1, 0.15) is 30.4 Å². The summed E-state index contributed by atoms with van der Waals surface area (Å²) in [5.41, 5.74) is 3.48. The molecule has 0 unspecified atom stereocenters. The second kappa shape index (κ2) is 14.8. The Bertz CT molecular complexity index is 1300. The second-order valence-corrected chi connectivity index (χ2v) is 11.8. The molecule has 0 aliphatic carbocycles. The highest BCUT2D eigenvalue weighted by Crippen LogP contribution is 2.32. The van der Waals surface area contributed by atoms with Crippen molar-refractivity contribution < 1.29 is 14.3 Å². The first-order valence-corrected chi connectivity index (χ1v) is 15.4. The van der Waals surface area contributed by atoms with Gasteiger partial charge in [-0.05, 0) is 72.8 Å². The molecule has 3 aromatic carbocycles. The molecule has 0 radical (unpaired) electrons. The van der Waals surface area contributed by atoms with Crippen molar-refractivity contribution in [2.45, 2.75) is 38.4 Å². The number of benzene rings is 3. The largest absolute Gasteiger partial charge is 0.497 e. The quantitative estimate of drug-likeness (QED) is 0.320. The van der Waals surface area contributed by atoms with Gasteiger partial charge in [0.2, 0.25) is 5.91 Å². The maximum Gasteiger partial charge on any atom is 0.220 e. The van der Waals surface area contributed by atoms with Gasteiger partial charge in [0.1, 0.15) is 11.5 Å². The van der Waals surface area contributed by atoms with Crippen LogP contribution < -0.4 is 19.7 Å². The van der Waals surface area contributed by atoms with E-state index in [2.05, 4.69) is 44.3 Å². The molecule has 3 aromatic rings. The van der Waals surface area contributed by atoms with Gasteiger partial charge in [-0.25, -0.2) is 0 Å². The Labute approximate surface area is 255 Å². The van der Waals surface area contributed by atoms with Crippen LogP contribution in [-0.2, 0) is 17.9 Å². The SMILES string of the molecule is COc1ccc(CNC(=O)CC[C@H]2CN(Cc3cccc(Cl)c3)CC[C@H]2N2CCN(c3ccccc3OC)CC2)cc1. The minimum atomic E-state index is 0.109. The molecule has 224 valence electrons. The molecular formula is C34H43ClN4O3. The van der Waals surface area contributed by atoms with Crippen molar-refractivity contribution in [3.8, 4) is 11.5 Å². The standard InChI is InChI=1S/C34H43ClN4O3/c1-41-30-13-10-26(11-14-30)23-36-34(40)15-12-28-25-37(24-27-6-5-7-29(35)22-27)17-16-31(28)38-18-20-39(21-19-38)32-8-3-4-9-33(32)42-2/h3-11,13-14,22,28,31H,12,15-21,23-25H2,1-2H3,(H,36,40)/t28-,31+/m0/s1. The molecular weight excluding hydrogens is 548 g/mol. The Kier molecular flexibility index (Phi) is 10.6. The number of methoxy groups -OCH3 is 2. The molecule has 5 rings (SSSR count). The number of hydrogen-bond acceptors (Lipinski definition) is 6. The number of nitrogens with zero attached hydrogens (tertiary/aromatic N) is 3. The predicted octanol–water partition coefficient (Wildman–Crippen LogP) is 5.47. The molecule has 2 atom stereocenters. The summed E-state index contributed by atoms with van der Waals surface area (Å²) in [7, 11) is 3.40. The molecule has 0 saturated carbocycles. The zero-order valence-electron chi connectivity index (χ0n) is 24.8. The van der Waals surface area contributed by atoms with E-state index >= 15 is 0 Å². The van der Waals surface area contributed by atoms with Crippen LogP contribution in [0.25, 0.3) is 0 Å². The summed E-state index contributed by atoms with van der Waals surface area (Å²) < 4.78 is 10.9. The molecule has 2 heterocycles. The van der Waals surface area contributed by atoms with Crippen molar-refractivity contribution in [1.82, 2.24) is 15.1 Å². The second-order valence-electron chi connectivity index (χ2n) is 11.3. The Hall–Kier alpha value is -3.26. The van der Waals surface area contributed by atoms with Crippen molar-refractivity contribution in [3.05, 3.63) is 88.9 Å². The average molecular weight is 591 g/mol. The van der Waals surface area contributed by atoms with Gasteiger partial charge in [-0.15, -0.1) is 0 Å². The predicted molar refractivity (Wildman–Crippen MR) is 169 cm³/mol. The van der Waals surface area contributed by atoms with E-state index in [-0.39, 0.29) is 5.91 Å². The fraction of sp³-hybridized carbons (Fsp3) is 0.441. The van der Waals surface area contributed by atoms with E-state index in [1.54, 1.807) is 14.2 Å². The zero-order valence-corrected chi connectivity index (χ0v) is 25.6. The summed E-state index contributed by atoms with van der Waals surface area (Å²) in [6.07, 6.45) is 2.51. The van der Waals surface area contributed by atoms with Crippen LogP contribution in [0.15, 0.2) is 72.8 Å². The number of piperidine rings is 1. The fourth-order valence-electron chi connectivity index (χ4n) is 6.43. The highest BCUT2D eigenvalue weighted by atomic mass is 35.5. The van der Waals surface area contributed by atoms with Gasteiger partial charge in [0.05, 0.1) is 19.9 Å². The van der Waals surface area contributed by atoms with Crippen LogP contribution in [0.3, 0.4) is 0 Å². The van der Waals surface area contributed by atoms with Gasteiger partial charge in [-0.2, -0.15) is 0 Å². The molecule has 42 heavy (non-hydrogen) atoms. The summed E-state index contributed by atoms with van der Waals surface area (Å²) in [4.78, 5) is 20.6. The normalized spacial score (nSPS) is 19.8. The summed E-state index contributed by atoms with van der Waals surface area (Å²) in [5.74, 6) is 2.28. The van der Waals surface area contributed by atoms with Crippen molar-refractivity contribution in [2.24, 2.45) is 5.92 Å². The van der Waals surface area contributed by atoms with E-state index in [0.29, 0.717) is 24.9 Å². The number of piperazine rings is 1. The Balaban J connectivity index is 1.20. The third-order valence-corrected chi connectivity index (χ3v) is 8.91. The molecule has 1 N–H and O–H groups in total. The Morgan fingerprint density at radius 1 is 0.905 bits per heavy atom. The maximum atomic E-state index is 12.9. The summed E-state index contributed by atoms with van der Waals surface area (Å²) >= 11 is 6.28. The maximum absolute atomic E-state index is 12.9. The number of likely N-dealkylation sites (tertiary alicyclic amines) is 1. The first kappa shape index (κ1) is 30.2. The van der Waals surface area contributed by atoms with Crippen molar-refractivity contribution in [1.29, 1.82) is 0 Å². The van der Waals surface area contributed by atoms with Crippen LogP contribution in [0.5, 0.6) is 11.5 Å². The molecule has 7 nitrogen and oxygen atoms in total. The molecule has 2 saturated heterocycles. The molecule has 0 spiro atoms. The number of halogens is 1. The topological polar surface area (TPSA) is 57.3 Å². The number of carbonyl (C=O) groups is 1. The number of carbonyl (C=O) groups excluding carboxylic acids is 1. The van der Waals surface area contributed by atoms with E-state index in [4.69, 9.17) is 21.1 Å². The molecule has 8 heteroatoms. The van der Waals surface area contributed by atoms with Crippen LogP contribution in [0.2, 0.25) is 5.02 Å². The summed E-state index contributed by atoms with van der Waals surface area (Å²) in [6, 6.07) is 24.8. The zero-order chi connectivity index (χ0) is 29.3. The van der Waals surface area contributed by atoms with Crippen LogP contribution >= 0.6 is 11.6 Å².